The number of nitrogens with two attached hydrogens (primary N) is 1. The van der Waals surface area contributed by atoms with Crippen LogP contribution in [-0.2, 0) is 0 Å². The summed E-state index contributed by atoms with van der Waals surface area (Å²) in [6.07, 6.45) is 7.35. The first kappa shape index (κ1) is 11.2. The maximum absolute atomic E-state index is 5.50. The number of aromatic nitrogens is 1. The summed E-state index contributed by atoms with van der Waals surface area (Å²) in [4.78, 5) is 6.13. The van der Waals surface area contributed by atoms with Crippen LogP contribution in [0.1, 0.15) is 48.6 Å². The Bertz CT molecular complexity index is 440. The molecule has 0 unspecified atom stereocenters. The lowest BCUT2D eigenvalue weighted by Crippen LogP contribution is -2.44. The number of hydrazine groups is 1. The molecule has 1 heterocycles. The molecule has 0 aromatic carbocycles. The third kappa shape index (κ3) is 1.55. The molecule has 0 aliphatic heterocycles. The van der Waals surface area contributed by atoms with Crippen LogP contribution in [0.2, 0.25) is 0 Å². The number of nitrogens with zero attached hydrogens (tertiary/aromatic N) is 1. The molecule has 5 rings (SSSR count). The van der Waals surface area contributed by atoms with Gasteiger partial charge in [-0.3, -0.25) is 5.43 Å². The summed E-state index contributed by atoms with van der Waals surface area (Å²) in [6.45, 7) is 2.21. The van der Waals surface area contributed by atoms with Crippen LogP contribution in [0.15, 0.2) is 0 Å². The third-order valence-corrected chi connectivity index (χ3v) is 6.42. The van der Waals surface area contributed by atoms with Gasteiger partial charge in [-0.1, -0.05) is 0 Å². The molecule has 4 heteroatoms. The van der Waals surface area contributed by atoms with Crippen LogP contribution in [0.3, 0.4) is 0 Å². The van der Waals surface area contributed by atoms with E-state index in [2.05, 4.69) is 12.3 Å². The summed E-state index contributed by atoms with van der Waals surface area (Å²) in [7, 11) is 0. The first-order valence-electron chi connectivity index (χ1n) is 7.18. The largest absolute Gasteiger partial charge is 0.300 e. The molecular formula is C14H21N3S. The zero-order valence-corrected chi connectivity index (χ0v) is 11.7. The fourth-order valence-corrected chi connectivity index (χ4v) is 5.93. The maximum atomic E-state index is 5.50. The number of hydrogen-bond acceptors (Lipinski definition) is 4. The summed E-state index contributed by atoms with van der Waals surface area (Å²) in [5.41, 5.74) is 4.08. The molecule has 4 bridgehead atoms. The molecule has 0 radical (unpaired) electrons. The van der Waals surface area contributed by atoms with E-state index in [1.165, 1.54) is 42.7 Å². The van der Waals surface area contributed by atoms with Crippen molar-refractivity contribution in [3.05, 3.63) is 10.6 Å². The highest BCUT2D eigenvalue weighted by atomic mass is 32.1. The van der Waals surface area contributed by atoms with Crippen LogP contribution >= 0.6 is 11.3 Å². The van der Waals surface area contributed by atoms with Gasteiger partial charge in [-0.2, -0.15) is 0 Å². The third-order valence-electron chi connectivity index (χ3n) is 5.50. The molecule has 3 nitrogen and oxygen atoms in total. The van der Waals surface area contributed by atoms with Crippen molar-refractivity contribution in [1.29, 1.82) is 0 Å². The Morgan fingerprint density at radius 2 is 1.72 bits per heavy atom. The lowest BCUT2D eigenvalue weighted by atomic mass is 9.51. The second-order valence-electron chi connectivity index (χ2n) is 6.56. The van der Waals surface area contributed by atoms with Gasteiger partial charge in [0.2, 0.25) is 0 Å². The maximum Gasteiger partial charge on any atom is 0.197 e. The predicted octanol–water partition coefficient (Wildman–Crippen LogP) is 3.28. The second-order valence-corrected chi connectivity index (χ2v) is 7.76. The highest BCUT2D eigenvalue weighted by Gasteiger charge is 2.49. The number of nitrogens with one attached hydrogen (secondary N) is 1. The van der Waals surface area contributed by atoms with Crippen LogP contribution in [-0.4, -0.2) is 4.98 Å². The zero-order valence-electron chi connectivity index (χ0n) is 10.9. The average molecular weight is 263 g/mol. The molecule has 4 aliphatic carbocycles. The Hall–Kier alpha value is -0.610. The van der Waals surface area contributed by atoms with E-state index in [1.807, 2.05) is 0 Å². The summed E-state index contributed by atoms with van der Waals surface area (Å²) in [6, 6.07) is 0. The van der Waals surface area contributed by atoms with Crippen LogP contribution in [0.25, 0.3) is 0 Å². The van der Waals surface area contributed by atoms with Crippen LogP contribution in [0.4, 0.5) is 5.13 Å². The Labute approximate surface area is 112 Å². The molecule has 4 fully saturated rings. The summed E-state index contributed by atoms with van der Waals surface area (Å²) in [5.74, 6) is 10.1. The van der Waals surface area contributed by atoms with Crippen molar-refractivity contribution in [3.63, 3.8) is 0 Å². The quantitative estimate of drug-likeness (QED) is 0.636. The van der Waals surface area contributed by atoms with Crippen molar-refractivity contribution in [1.82, 2.24) is 4.98 Å². The lowest BCUT2D eigenvalue weighted by molar-refractivity contribution is -0.00412. The molecule has 1 aromatic heterocycles. The number of aryl methyl sites for hydroxylation is 1. The van der Waals surface area contributed by atoms with Gasteiger partial charge in [-0.25, -0.2) is 10.8 Å². The second kappa shape index (κ2) is 3.94. The van der Waals surface area contributed by atoms with E-state index in [9.17, 15) is 0 Å². The van der Waals surface area contributed by atoms with E-state index in [-0.39, 0.29) is 0 Å². The van der Waals surface area contributed by atoms with Gasteiger partial charge in [-0.15, -0.1) is 11.3 Å². The molecule has 4 aliphatic rings. The van der Waals surface area contributed by atoms with Crippen LogP contribution in [0, 0.1) is 30.6 Å². The molecule has 98 valence electrons. The van der Waals surface area contributed by atoms with Crippen molar-refractivity contribution in [2.75, 3.05) is 5.43 Å². The van der Waals surface area contributed by atoms with E-state index < -0.39 is 0 Å². The molecular weight excluding hydrogens is 242 g/mol. The molecule has 3 N–H and O–H groups in total. The Balaban J connectivity index is 1.69. The van der Waals surface area contributed by atoms with Gasteiger partial charge in [0.1, 0.15) is 0 Å². The average Bonchev–Trinajstić information content (AvgIpc) is 2.69. The van der Waals surface area contributed by atoms with E-state index in [0.29, 0.717) is 0 Å². The fourth-order valence-electron chi connectivity index (χ4n) is 5.15. The van der Waals surface area contributed by atoms with Crippen molar-refractivity contribution < 1.29 is 0 Å². The van der Waals surface area contributed by atoms with Gasteiger partial charge in [-0.05, 0) is 62.7 Å². The summed E-state index contributed by atoms with van der Waals surface area (Å²) in [5, 5.41) is 0.885. The Kier molecular flexibility index (Phi) is 2.46. The Morgan fingerprint density at radius 3 is 2.22 bits per heavy atom. The minimum absolute atomic E-state index is 0.733. The summed E-state index contributed by atoms with van der Waals surface area (Å²) < 4.78 is 0. The minimum atomic E-state index is 0.733. The standard InChI is InChI=1S/C14H21N3S/c1-7-13(16-14(17-15)18-7)12-10-3-8-2-9(5-10)6-11(12)4-8/h8-12H,2-6,15H2,1H3,(H,16,17). The number of anilines is 1. The first-order valence-corrected chi connectivity index (χ1v) is 8.00. The monoisotopic (exact) mass is 263 g/mol. The van der Waals surface area contributed by atoms with E-state index in [1.54, 1.807) is 11.3 Å². The SMILES string of the molecule is Cc1sc(NN)nc1C1C2CC3CC(C2)CC1C3. The minimum Gasteiger partial charge on any atom is -0.300 e. The van der Waals surface area contributed by atoms with Crippen molar-refractivity contribution in [2.45, 2.75) is 44.9 Å². The van der Waals surface area contributed by atoms with Gasteiger partial charge in [0.25, 0.3) is 0 Å². The molecule has 0 spiro atoms. The van der Waals surface area contributed by atoms with Gasteiger partial charge in [0.05, 0.1) is 5.69 Å². The smallest absolute Gasteiger partial charge is 0.197 e. The van der Waals surface area contributed by atoms with Gasteiger partial charge in [0.15, 0.2) is 5.13 Å². The lowest BCUT2D eigenvalue weighted by Gasteiger charge is -2.54. The normalized spacial score (nSPS) is 41.3. The number of rotatable bonds is 2. The fraction of sp³-hybridized carbons (Fsp3) is 0.786. The van der Waals surface area contributed by atoms with Crippen molar-refractivity contribution >= 4 is 16.5 Å². The Morgan fingerprint density at radius 1 is 1.11 bits per heavy atom. The van der Waals surface area contributed by atoms with Crippen LogP contribution < -0.4 is 11.3 Å². The molecule has 0 saturated heterocycles. The van der Waals surface area contributed by atoms with Gasteiger partial charge in [0, 0.05) is 10.8 Å². The van der Waals surface area contributed by atoms with E-state index in [4.69, 9.17) is 10.8 Å². The van der Waals surface area contributed by atoms with Gasteiger partial charge < -0.3 is 0 Å². The molecule has 1 aromatic rings. The highest BCUT2D eigenvalue weighted by Crippen LogP contribution is 2.60. The molecule has 0 atom stereocenters. The molecule has 0 amide bonds. The topological polar surface area (TPSA) is 50.9 Å². The molecule has 4 saturated carbocycles. The molecule has 18 heavy (non-hydrogen) atoms. The van der Waals surface area contributed by atoms with E-state index >= 15 is 0 Å². The van der Waals surface area contributed by atoms with Crippen LogP contribution in [0.5, 0.6) is 0 Å². The van der Waals surface area contributed by atoms with Crippen molar-refractivity contribution in [2.24, 2.45) is 29.5 Å². The van der Waals surface area contributed by atoms with Gasteiger partial charge >= 0.3 is 0 Å². The highest BCUT2D eigenvalue weighted by molar-refractivity contribution is 7.15. The predicted molar refractivity (Wildman–Crippen MR) is 74.4 cm³/mol. The van der Waals surface area contributed by atoms with Crippen molar-refractivity contribution in [3.8, 4) is 0 Å². The number of thiazole rings is 1. The first-order chi connectivity index (χ1) is 8.74. The van der Waals surface area contributed by atoms with E-state index in [0.717, 1.165) is 34.7 Å². The number of nitrogen functional groups attached to an aromatic ring is 1. The summed E-state index contributed by atoms with van der Waals surface area (Å²) >= 11 is 1.71. The zero-order chi connectivity index (χ0) is 12.3. The number of hydrogen-bond donors (Lipinski definition) is 2.